The second-order valence-corrected chi connectivity index (χ2v) is 5.88. The van der Waals surface area contributed by atoms with E-state index in [9.17, 15) is 4.79 Å². The molecule has 0 aliphatic heterocycles. The Morgan fingerprint density at radius 2 is 2.10 bits per heavy atom. The first-order valence-corrected chi connectivity index (χ1v) is 7.56. The van der Waals surface area contributed by atoms with Crippen molar-refractivity contribution in [3.63, 3.8) is 0 Å². The molecule has 0 amide bonds. The van der Waals surface area contributed by atoms with Crippen molar-refractivity contribution in [3.05, 3.63) is 64.6 Å². The normalized spacial score (nSPS) is 10.8. The number of rotatable bonds is 5. The first-order chi connectivity index (χ1) is 9.81. The van der Waals surface area contributed by atoms with Crippen molar-refractivity contribution in [2.45, 2.75) is 19.3 Å². The van der Waals surface area contributed by atoms with E-state index in [4.69, 9.17) is 0 Å². The maximum Gasteiger partial charge on any atom is 0.137 e. The highest BCUT2D eigenvalue weighted by molar-refractivity contribution is 7.09. The van der Waals surface area contributed by atoms with Gasteiger partial charge in [-0.15, -0.1) is 11.3 Å². The van der Waals surface area contributed by atoms with Gasteiger partial charge in [0, 0.05) is 35.5 Å². The van der Waals surface area contributed by atoms with Crippen LogP contribution in [0.15, 0.2) is 54.2 Å². The molecule has 2 heterocycles. The van der Waals surface area contributed by atoms with Crippen LogP contribution in [0.5, 0.6) is 0 Å². The van der Waals surface area contributed by atoms with Crippen LogP contribution in [0.4, 0.5) is 0 Å². The molecule has 0 N–H and O–H groups in total. The lowest BCUT2D eigenvalue weighted by molar-refractivity contribution is -0.118. The van der Waals surface area contributed by atoms with E-state index in [2.05, 4.69) is 22.5 Å². The van der Waals surface area contributed by atoms with E-state index in [1.165, 1.54) is 4.88 Å². The number of benzene rings is 1. The van der Waals surface area contributed by atoms with Gasteiger partial charge in [0.2, 0.25) is 0 Å². The number of ketones is 1. The third-order valence-electron chi connectivity index (χ3n) is 3.34. The van der Waals surface area contributed by atoms with E-state index in [-0.39, 0.29) is 0 Å². The van der Waals surface area contributed by atoms with Gasteiger partial charge in [0.05, 0.1) is 0 Å². The number of Topliss-reactive ketones (excluding diaryl/α,β-unsaturated/α-hetero) is 1. The van der Waals surface area contributed by atoms with E-state index in [1.807, 2.05) is 30.5 Å². The number of hydrogen-bond donors (Lipinski definition) is 0. The van der Waals surface area contributed by atoms with E-state index in [1.54, 1.807) is 17.5 Å². The van der Waals surface area contributed by atoms with Crippen molar-refractivity contribution in [2.24, 2.45) is 0 Å². The third-order valence-corrected chi connectivity index (χ3v) is 4.27. The van der Waals surface area contributed by atoms with Gasteiger partial charge in [-0.3, -0.25) is 9.78 Å². The molecule has 0 bridgehead atoms. The fraction of sp³-hybridized carbons (Fsp3) is 0.176. The minimum atomic E-state index is 0.298. The standard InChI is InChI=1S/C17H15NOS/c19-16(5-6-17-2-1-9-20-17)11-13-3-4-15-12-18-8-7-14(15)10-13/h1-4,7-10,12H,5-6,11H2. The van der Waals surface area contributed by atoms with Crippen LogP contribution in [0, 0.1) is 0 Å². The predicted molar refractivity (Wildman–Crippen MR) is 83.1 cm³/mol. The number of aromatic nitrogens is 1. The summed E-state index contributed by atoms with van der Waals surface area (Å²) in [4.78, 5) is 17.4. The maximum absolute atomic E-state index is 12.0. The zero-order valence-electron chi connectivity index (χ0n) is 11.1. The highest BCUT2D eigenvalue weighted by Crippen LogP contribution is 2.16. The SMILES string of the molecule is O=C(CCc1cccs1)Cc1ccc2cnccc2c1. The highest BCUT2D eigenvalue weighted by atomic mass is 32.1. The van der Waals surface area contributed by atoms with Crippen molar-refractivity contribution >= 4 is 27.9 Å². The molecule has 0 spiro atoms. The molecule has 3 aromatic rings. The van der Waals surface area contributed by atoms with E-state index in [0.717, 1.165) is 22.8 Å². The molecule has 0 saturated heterocycles. The Labute approximate surface area is 122 Å². The fourth-order valence-corrected chi connectivity index (χ4v) is 2.99. The van der Waals surface area contributed by atoms with Gasteiger partial charge in [-0.25, -0.2) is 0 Å². The number of nitrogens with zero attached hydrogens (tertiary/aromatic N) is 1. The molecule has 0 saturated carbocycles. The Hall–Kier alpha value is -2.00. The Morgan fingerprint density at radius 3 is 2.95 bits per heavy atom. The molecule has 100 valence electrons. The van der Waals surface area contributed by atoms with Crippen LogP contribution in [-0.2, 0) is 17.6 Å². The summed E-state index contributed by atoms with van der Waals surface area (Å²) in [6, 6.07) is 12.2. The molecule has 3 heteroatoms. The Morgan fingerprint density at radius 1 is 1.15 bits per heavy atom. The molecule has 0 radical (unpaired) electrons. The molecule has 2 nitrogen and oxygen atoms in total. The molecule has 0 aliphatic carbocycles. The van der Waals surface area contributed by atoms with Gasteiger partial charge in [-0.1, -0.05) is 24.3 Å². The highest BCUT2D eigenvalue weighted by Gasteiger charge is 2.06. The van der Waals surface area contributed by atoms with E-state index < -0.39 is 0 Å². The molecular weight excluding hydrogens is 266 g/mol. The van der Waals surface area contributed by atoms with Crippen molar-refractivity contribution in [2.75, 3.05) is 0 Å². The van der Waals surface area contributed by atoms with Crippen LogP contribution in [0.2, 0.25) is 0 Å². The molecule has 0 fully saturated rings. The summed E-state index contributed by atoms with van der Waals surface area (Å²) in [5.74, 6) is 0.298. The first-order valence-electron chi connectivity index (χ1n) is 6.68. The van der Waals surface area contributed by atoms with Gasteiger partial charge in [0.15, 0.2) is 0 Å². The maximum atomic E-state index is 12.0. The van der Waals surface area contributed by atoms with Gasteiger partial charge < -0.3 is 0 Å². The van der Waals surface area contributed by atoms with Gasteiger partial charge in [0.1, 0.15) is 5.78 Å². The number of aryl methyl sites for hydroxylation is 1. The molecular formula is C17H15NOS. The minimum absolute atomic E-state index is 0.298. The summed E-state index contributed by atoms with van der Waals surface area (Å²) >= 11 is 1.71. The van der Waals surface area contributed by atoms with Crippen molar-refractivity contribution in [1.29, 1.82) is 0 Å². The Bertz CT molecular complexity index is 719. The van der Waals surface area contributed by atoms with E-state index in [0.29, 0.717) is 18.6 Å². The number of carbonyl (C=O) groups is 1. The fourth-order valence-electron chi connectivity index (χ4n) is 2.28. The van der Waals surface area contributed by atoms with Gasteiger partial charge in [0.25, 0.3) is 0 Å². The molecule has 20 heavy (non-hydrogen) atoms. The van der Waals surface area contributed by atoms with Gasteiger partial charge >= 0.3 is 0 Å². The zero-order valence-corrected chi connectivity index (χ0v) is 11.9. The lowest BCUT2D eigenvalue weighted by Crippen LogP contribution is -2.03. The number of carbonyl (C=O) groups excluding carboxylic acids is 1. The average molecular weight is 281 g/mol. The van der Waals surface area contributed by atoms with Crippen LogP contribution in [-0.4, -0.2) is 10.8 Å². The third kappa shape index (κ3) is 3.11. The molecule has 0 unspecified atom stereocenters. The van der Waals surface area contributed by atoms with Crippen molar-refractivity contribution < 1.29 is 4.79 Å². The largest absolute Gasteiger partial charge is 0.299 e. The second kappa shape index (κ2) is 5.97. The quantitative estimate of drug-likeness (QED) is 0.706. The summed E-state index contributed by atoms with van der Waals surface area (Å²) in [6.45, 7) is 0. The topological polar surface area (TPSA) is 30.0 Å². The lowest BCUT2D eigenvalue weighted by atomic mass is 10.0. The molecule has 0 atom stereocenters. The van der Waals surface area contributed by atoms with Gasteiger partial charge in [-0.05, 0) is 34.9 Å². The lowest BCUT2D eigenvalue weighted by Gasteiger charge is -2.03. The van der Waals surface area contributed by atoms with Crippen molar-refractivity contribution in [1.82, 2.24) is 4.98 Å². The molecule has 1 aromatic carbocycles. The number of thiophene rings is 1. The number of pyridine rings is 1. The summed E-state index contributed by atoms with van der Waals surface area (Å²) in [6.07, 6.45) is 5.62. The summed E-state index contributed by atoms with van der Waals surface area (Å²) in [7, 11) is 0. The average Bonchev–Trinajstić information content (AvgIpc) is 2.98. The molecule has 2 aromatic heterocycles. The second-order valence-electron chi connectivity index (χ2n) is 4.85. The molecule has 0 aliphatic rings. The van der Waals surface area contributed by atoms with Crippen LogP contribution in [0.25, 0.3) is 10.8 Å². The van der Waals surface area contributed by atoms with Crippen LogP contribution in [0.3, 0.4) is 0 Å². The van der Waals surface area contributed by atoms with Gasteiger partial charge in [-0.2, -0.15) is 0 Å². The Balaban J connectivity index is 1.65. The minimum Gasteiger partial charge on any atom is -0.299 e. The van der Waals surface area contributed by atoms with E-state index >= 15 is 0 Å². The monoisotopic (exact) mass is 281 g/mol. The Kier molecular flexibility index (Phi) is 3.88. The molecule has 3 rings (SSSR count). The summed E-state index contributed by atoms with van der Waals surface area (Å²) in [5, 5.41) is 4.31. The van der Waals surface area contributed by atoms with Crippen LogP contribution in [0.1, 0.15) is 16.9 Å². The number of fused-ring (bicyclic) bond motifs is 1. The summed E-state index contributed by atoms with van der Waals surface area (Å²) < 4.78 is 0. The summed E-state index contributed by atoms with van der Waals surface area (Å²) in [5.41, 5.74) is 1.08. The smallest absolute Gasteiger partial charge is 0.137 e. The first kappa shape index (κ1) is 13.0. The van der Waals surface area contributed by atoms with Crippen LogP contribution >= 0.6 is 11.3 Å². The zero-order chi connectivity index (χ0) is 13.8. The van der Waals surface area contributed by atoms with Crippen molar-refractivity contribution in [3.8, 4) is 0 Å². The number of hydrogen-bond acceptors (Lipinski definition) is 3. The predicted octanol–water partition coefficient (Wildman–Crippen LogP) is 4.04. The van der Waals surface area contributed by atoms with Crippen LogP contribution < -0.4 is 0 Å².